The van der Waals surface area contributed by atoms with Crippen molar-refractivity contribution in [3.05, 3.63) is 113 Å². The molecule has 4 aromatic rings. The van der Waals surface area contributed by atoms with Gasteiger partial charge in [-0.2, -0.15) is 0 Å². The molecule has 0 fully saturated rings. The Kier molecular flexibility index (Phi) is 7.96. The minimum atomic E-state index is -0.745. The summed E-state index contributed by atoms with van der Waals surface area (Å²) in [5, 5.41) is 4.88. The van der Waals surface area contributed by atoms with Crippen LogP contribution in [0.5, 0.6) is 0 Å². The Labute approximate surface area is 235 Å². The molecule has 0 saturated heterocycles. The molecule has 0 spiro atoms. The van der Waals surface area contributed by atoms with E-state index < -0.39 is 6.04 Å². The average molecular weight is 534 g/mol. The van der Waals surface area contributed by atoms with Crippen LogP contribution in [0.4, 0.5) is 5.69 Å². The van der Waals surface area contributed by atoms with Crippen molar-refractivity contribution in [3.8, 4) is 0 Å². The lowest BCUT2D eigenvalue weighted by Crippen LogP contribution is -2.53. The monoisotopic (exact) mass is 533 g/mol. The van der Waals surface area contributed by atoms with E-state index in [1.54, 1.807) is 15.9 Å². The van der Waals surface area contributed by atoms with Gasteiger partial charge in [-0.15, -0.1) is 0 Å². The van der Waals surface area contributed by atoms with Crippen LogP contribution in [0, 0.1) is 12.8 Å². The first-order chi connectivity index (χ1) is 19.3. The van der Waals surface area contributed by atoms with E-state index in [9.17, 15) is 14.4 Å². The average Bonchev–Trinajstić information content (AvgIpc) is 3.23. The molecule has 4 aromatic carbocycles. The third kappa shape index (κ3) is 5.76. The van der Waals surface area contributed by atoms with Gasteiger partial charge in [-0.3, -0.25) is 19.3 Å². The van der Waals surface area contributed by atoms with Crippen LogP contribution in [0.25, 0.3) is 10.8 Å². The molecule has 5 rings (SSSR count). The van der Waals surface area contributed by atoms with Gasteiger partial charge in [0.2, 0.25) is 11.8 Å². The van der Waals surface area contributed by atoms with Gasteiger partial charge in [-0.1, -0.05) is 98.3 Å². The number of nitrogens with one attached hydrogen (secondary N) is 1. The van der Waals surface area contributed by atoms with Crippen molar-refractivity contribution < 1.29 is 14.4 Å². The Hall–Kier alpha value is -4.45. The van der Waals surface area contributed by atoms with Crippen molar-refractivity contribution in [1.82, 2.24) is 10.2 Å². The maximum absolute atomic E-state index is 14.2. The highest BCUT2D eigenvalue weighted by Crippen LogP contribution is 2.37. The Morgan fingerprint density at radius 1 is 0.850 bits per heavy atom. The molecule has 204 valence electrons. The highest BCUT2D eigenvalue weighted by molar-refractivity contribution is 6.26. The molecule has 1 aliphatic heterocycles. The highest BCUT2D eigenvalue weighted by atomic mass is 16.2. The summed E-state index contributed by atoms with van der Waals surface area (Å²) in [6.45, 7) is 6.71. The number of anilines is 1. The second-order valence-electron chi connectivity index (χ2n) is 10.9. The topological polar surface area (TPSA) is 69.7 Å². The van der Waals surface area contributed by atoms with Crippen LogP contribution in [0.3, 0.4) is 0 Å². The second kappa shape index (κ2) is 11.7. The number of rotatable bonds is 10. The molecule has 0 bridgehead atoms. The van der Waals surface area contributed by atoms with E-state index >= 15 is 0 Å². The zero-order valence-electron chi connectivity index (χ0n) is 23.3. The standard InChI is InChI=1S/C34H35N3O3/c1-23(2)20-35-33(39)30(19-25-9-5-4-6-10-25)36(21-26-17-15-24(3)16-18-26)31(38)22-37-29-14-8-12-27-11-7-13-28(32(27)29)34(37)40/h4-18,23,30H,19-22H2,1-3H3,(H,35,39)/t30-/m1/s1. The molecule has 1 aliphatic rings. The lowest BCUT2D eigenvalue weighted by atomic mass is 10.0. The van der Waals surface area contributed by atoms with E-state index in [-0.39, 0.29) is 36.7 Å². The summed E-state index contributed by atoms with van der Waals surface area (Å²) < 4.78 is 0. The Bertz CT molecular complexity index is 1520. The van der Waals surface area contributed by atoms with Crippen LogP contribution < -0.4 is 10.2 Å². The van der Waals surface area contributed by atoms with Crippen molar-refractivity contribution >= 4 is 34.2 Å². The molecule has 0 radical (unpaired) electrons. The van der Waals surface area contributed by atoms with E-state index in [4.69, 9.17) is 0 Å². The van der Waals surface area contributed by atoms with Gasteiger partial charge in [-0.05, 0) is 41.5 Å². The molecule has 6 nitrogen and oxygen atoms in total. The molecule has 6 heteroatoms. The number of benzene rings is 4. The van der Waals surface area contributed by atoms with E-state index in [0.717, 1.165) is 33.2 Å². The molecule has 1 heterocycles. The molecule has 1 atom stereocenters. The van der Waals surface area contributed by atoms with Gasteiger partial charge in [0.05, 0.1) is 5.69 Å². The summed E-state index contributed by atoms with van der Waals surface area (Å²) >= 11 is 0. The van der Waals surface area contributed by atoms with Crippen molar-refractivity contribution in [2.45, 2.75) is 39.8 Å². The smallest absolute Gasteiger partial charge is 0.259 e. The number of carbonyl (C=O) groups is 3. The molecule has 0 saturated carbocycles. The summed E-state index contributed by atoms with van der Waals surface area (Å²) in [4.78, 5) is 44.6. The normalized spacial score (nSPS) is 13.1. The fraction of sp³-hybridized carbons (Fsp3) is 0.265. The predicted octanol–water partition coefficient (Wildman–Crippen LogP) is 5.52. The predicted molar refractivity (Wildman–Crippen MR) is 159 cm³/mol. The molecule has 40 heavy (non-hydrogen) atoms. The first-order valence-electron chi connectivity index (χ1n) is 13.8. The third-order valence-corrected chi connectivity index (χ3v) is 7.37. The van der Waals surface area contributed by atoms with E-state index in [2.05, 4.69) is 5.32 Å². The highest BCUT2D eigenvalue weighted by Gasteiger charge is 2.35. The summed E-state index contributed by atoms with van der Waals surface area (Å²) in [5.74, 6) is -0.404. The van der Waals surface area contributed by atoms with Gasteiger partial charge in [0.1, 0.15) is 12.6 Å². The Morgan fingerprint density at radius 2 is 1.55 bits per heavy atom. The third-order valence-electron chi connectivity index (χ3n) is 7.37. The van der Waals surface area contributed by atoms with Crippen LogP contribution in [-0.2, 0) is 22.6 Å². The van der Waals surface area contributed by atoms with E-state index in [1.807, 2.05) is 106 Å². The minimum absolute atomic E-state index is 0.152. The van der Waals surface area contributed by atoms with Crippen LogP contribution in [0.1, 0.15) is 40.9 Å². The van der Waals surface area contributed by atoms with Gasteiger partial charge in [0.25, 0.3) is 5.91 Å². The number of hydrogen-bond donors (Lipinski definition) is 1. The summed E-state index contributed by atoms with van der Waals surface area (Å²) in [7, 11) is 0. The number of hydrogen-bond acceptors (Lipinski definition) is 3. The van der Waals surface area contributed by atoms with Gasteiger partial charge in [0, 0.05) is 30.5 Å². The number of aryl methyl sites for hydroxylation is 1. The lowest BCUT2D eigenvalue weighted by Gasteiger charge is -2.33. The SMILES string of the molecule is Cc1ccc(CN(C(=O)CN2C(=O)c3cccc4cccc2c34)[C@H](Cc2ccccc2)C(=O)NCC(C)C)cc1. The fourth-order valence-corrected chi connectivity index (χ4v) is 5.23. The van der Waals surface area contributed by atoms with Crippen molar-refractivity contribution in [2.75, 3.05) is 18.0 Å². The van der Waals surface area contributed by atoms with Crippen LogP contribution in [0.2, 0.25) is 0 Å². The molecule has 1 N–H and O–H groups in total. The molecular formula is C34H35N3O3. The van der Waals surface area contributed by atoms with E-state index in [1.165, 1.54) is 0 Å². The Balaban J connectivity index is 1.50. The van der Waals surface area contributed by atoms with E-state index in [0.29, 0.717) is 18.5 Å². The van der Waals surface area contributed by atoms with Crippen LogP contribution in [-0.4, -0.2) is 41.8 Å². The molecule has 0 aliphatic carbocycles. The molecular weight excluding hydrogens is 498 g/mol. The number of amides is 3. The Morgan fingerprint density at radius 3 is 2.25 bits per heavy atom. The first-order valence-corrected chi connectivity index (χ1v) is 13.8. The van der Waals surface area contributed by atoms with Gasteiger partial charge in [-0.25, -0.2) is 0 Å². The zero-order valence-corrected chi connectivity index (χ0v) is 23.3. The largest absolute Gasteiger partial charge is 0.354 e. The summed E-state index contributed by atoms with van der Waals surface area (Å²) in [6, 6.07) is 28.4. The fourth-order valence-electron chi connectivity index (χ4n) is 5.23. The maximum Gasteiger partial charge on any atom is 0.259 e. The van der Waals surface area contributed by atoms with Crippen molar-refractivity contribution in [1.29, 1.82) is 0 Å². The van der Waals surface area contributed by atoms with Crippen LogP contribution in [0.15, 0.2) is 91.0 Å². The first kappa shape index (κ1) is 27.1. The maximum atomic E-state index is 14.2. The van der Waals surface area contributed by atoms with Gasteiger partial charge < -0.3 is 10.2 Å². The quantitative estimate of drug-likeness (QED) is 0.292. The molecule has 3 amide bonds. The van der Waals surface area contributed by atoms with Crippen molar-refractivity contribution in [3.63, 3.8) is 0 Å². The summed E-state index contributed by atoms with van der Waals surface area (Å²) in [6.07, 6.45) is 0.367. The minimum Gasteiger partial charge on any atom is -0.354 e. The number of nitrogens with zero attached hydrogens (tertiary/aromatic N) is 2. The zero-order chi connectivity index (χ0) is 28.2. The van der Waals surface area contributed by atoms with Gasteiger partial charge in [0.15, 0.2) is 0 Å². The van der Waals surface area contributed by atoms with Gasteiger partial charge >= 0.3 is 0 Å². The molecule has 0 aromatic heterocycles. The second-order valence-corrected chi connectivity index (χ2v) is 10.9. The lowest BCUT2D eigenvalue weighted by molar-refractivity contribution is -0.140. The molecule has 0 unspecified atom stereocenters. The summed E-state index contributed by atoms with van der Waals surface area (Å²) in [5.41, 5.74) is 4.33. The van der Waals surface area contributed by atoms with Crippen LogP contribution >= 0.6 is 0 Å². The van der Waals surface area contributed by atoms with Crippen molar-refractivity contribution in [2.24, 2.45) is 5.92 Å². The number of carbonyl (C=O) groups excluding carboxylic acids is 3.